The van der Waals surface area contributed by atoms with E-state index in [9.17, 15) is 13.2 Å². The van der Waals surface area contributed by atoms with E-state index in [2.05, 4.69) is 15.0 Å². The highest BCUT2D eigenvalue weighted by molar-refractivity contribution is 7.92. The van der Waals surface area contributed by atoms with Crippen LogP contribution in [0.15, 0.2) is 72.8 Å². The maximum absolute atomic E-state index is 12.6. The van der Waals surface area contributed by atoms with Gasteiger partial charge in [0.05, 0.1) is 16.5 Å². The van der Waals surface area contributed by atoms with Crippen LogP contribution in [0.5, 0.6) is 11.5 Å². The van der Waals surface area contributed by atoms with E-state index in [0.29, 0.717) is 22.1 Å². The molecule has 0 saturated heterocycles. The molecule has 9 heteroatoms. The van der Waals surface area contributed by atoms with E-state index in [1.807, 2.05) is 48.5 Å². The largest absolute Gasteiger partial charge is 0.457 e. The number of hydrogen-bond donors (Lipinski definition) is 2. The second-order valence-electron chi connectivity index (χ2n) is 6.47. The van der Waals surface area contributed by atoms with Crippen LogP contribution in [0.25, 0.3) is 10.2 Å². The van der Waals surface area contributed by atoms with E-state index in [-0.39, 0.29) is 5.91 Å². The first-order chi connectivity index (χ1) is 14.4. The van der Waals surface area contributed by atoms with Gasteiger partial charge < -0.3 is 4.74 Å². The fourth-order valence-corrected chi connectivity index (χ4v) is 4.20. The Morgan fingerprint density at radius 1 is 0.967 bits per heavy atom. The Morgan fingerprint density at radius 2 is 1.77 bits per heavy atom. The number of para-hydroxylation sites is 1. The van der Waals surface area contributed by atoms with Gasteiger partial charge in [-0.15, -0.1) is 0 Å². The van der Waals surface area contributed by atoms with Crippen molar-refractivity contribution < 1.29 is 17.9 Å². The van der Waals surface area contributed by atoms with Gasteiger partial charge in [0.2, 0.25) is 10.0 Å². The summed E-state index contributed by atoms with van der Waals surface area (Å²) in [6.07, 6.45) is 1.05. The van der Waals surface area contributed by atoms with Crippen molar-refractivity contribution in [2.24, 2.45) is 0 Å². The maximum Gasteiger partial charge on any atom is 0.257 e. The van der Waals surface area contributed by atoms with Crippen molar-refractivity contribution in [1.29, 1.82) is 0 Å². The Kier molecular flexibility index (Phi) is 5.39. The number of nitrogens with zero attached hydrogens (tertiary/aromatic N) is 1. The molecule has 0 saturated carbocycles. The molecule has 0 radical (unpaired) electrons. The SMILES string of the molecule is CS(=O)(=O)Nc1cccc(C(=O)Nc2nc3ccc(Oc4ccccc4)cc3s2)c1. The van der Waals surface area contributed by atoms with Gasteiger partial charge in [0.25, 0.3) is 5.91 Å². The Hall–Kier alpha value is -3.43. The van der Waals surface area contributed by atoms with E-state index in [0.717, 1.165) is 22.2 Å². The van der Waals surface area contributed by atoms with E-state index < -0.39 is 10.0 Å². The van der Waals surface area contributed by atoms with Crippen LogP contribution < -0.4 is 14.8 Å². The molecule has 0 atom stereocenters. The molecule has 2 N–H and O–H groups in total. The molecule has 30 heavy (non-hydrogen) atoms. The van der Waals surface area contributed by atoms with E-state index in [1.165, 1.54) is 17.4 Å². The van der Waals surface area contributed by atoms with Gasteiger partial charge in [-0.05, 0) is 42.5 Å². The smallest absolute Gasteiger partial charge is 0.257 e. The molecule has 0 aliphatic rings. The van der Waals surface area contributed by atoms with Crippen molar-refractivity contribution in [2.45, 2.75) is 0 Å². The molecule has 0 fully saturated rings. The highest BCUT2D eigenvalue weighted by Crippen LogP contribution is 2.31. The Morgan fingerprint density at radius 3 is 2.53 bits per heavy atom. The summed E-state index contributed by atoms with van der Waals surface area (Å²) >= 11 is 1.32. The summed E-state index contributed by atoms with van der Waals surface area (Å²) in [5.74, 6) is 1.03. The summed E-state index contributed by atoms with van der Waals surface area (Å²) in [6.45, 7) is 0. The Balaban J connectivity index is 1.51. The lowest BCUT2D eigenvalue weighted by molar-refractivity contribution is 0.102. The first-order valence-corrected chi connectivity index (χ1v) is 11.6. The third-order valence-corrected chi connectivity index (χ3v) is 5.53. The first-order valence-electron chi connectivity index (χ1n) is 8.88. The lowest BCUT2D eigenvalue weighted by Crippen LogP contribution is -2.13. The average Bonchev–Trinajstić information content (AvgIpc) is 3.09. The van der Waals surface area contributed by atoms with Crippen LogP contribution in [0.1, 0.15) is 10.4 Å². The fourth-order valence-electron chi connectivity index (χ4n) is 2.75. The van der Waals surface area contributed by atoms with Gasteiger partial charge >= 0.3 is 0 Å². The van der Waals surface area contributed by atoms with Crippen LogP contribution in [-0.2, 0) is 10.0 Å². The quantitative estimate of drug-likeness (QED) is 0.453. The van der Waals surface area contributed by atoms with E-state index >= 15 is 0 Å². The number of anilines is 2. The average molecular weight is 440 g/mol. The van der Waals surface area contributed by atoms with E-state index in [1.54, 1.807) is 18.2 Å². The number of rotatable bonds is 6. The number of benzene rings is 3. The normalized spacial score (nSPS) is 11.2. The summed E-state index contributed by atoms with van der Waals surface area (Å²) in [5.41, 5.74) is 1.37. The van der Waals surface area contributed by atoms with Crippen LogP contribution >= 0.6 is 11.3 Å². The predicted molar refractivity (Wildman–Crippen MR) is 119 cm³/mol. The van der Waals surface area contributed by atoms with Crippen LogP contribution in [0, 0.1) is 0 Å². The molecule has 1 heterocycles. The Bertz CT molecular complexity index is 1320. The van der Waals surface area contributed by atoms with Crippen molar-refractivity contribution >= 4 is 48.3 Å². The number of hydrogen-bond acceptors (Lipinski definition) is 6. The number of amides is 1. The number of aromatic nitrogens is 1. The summed E-state index contributed by atoms with van der Waals surface area (Å²) in [4.78, 5) is 17.0. The molecule has 0 aliphatic heterocycles. The molecule has 0 unspecified atom stereocenters. The van der Waals surface area contributed by atoms with Crippen molar-refractivity contribution in [3.8, 4) is 11.5 Å². The zero-order chi connectivity index (χ0) is 21.1. The molecule has 1 amide bonds. The number of carbonyl (C=O) groups is 1. The van der Waals surface area contributed by atoms with Gasteiger partial charge in [0.15, 0.2) is 5.13 Å². The minimum Gasteiger partial charge on any atom is -0.457 e. The van der Waals surface area contributed by atoms with Crippen molar-refractivity contribution in [3.63, 3.8) is 0 Å². The van der Waals surface area contributed by atoms with Gasteiger partial charge in [-0.3, -0.25) is 14.8 Å². The van der Waals surface area contributed by atoms with Crippen LogP contribution in [-0.4, -0.2) is 25.6 Å². The standard InChI is InChI=1S/C21H17N3O4S2/c1-30(26,27)24-15-7-5-6-14(12-15)20(25)23-21-22-18-11-10-17(13-19(18)29-21)28-16-8-3-2-4-9-16/h2-13,24H,1H3,(H,22,23,25). The number of sulfonamides is 1. The molecule has 4 rings (SSSR count). The first kappa shape index (κ1) is 19.9. The molecule has 4 aromatic rings. The minimum atomic E-state index is -3.43. The third-order valence-electron chi connectivity index (χ3n) is 3.99. The van der Waals surface area contributed by atoms with Crippen LogP contribution in [0.3, 0.4) is 0 Å². The highest BCUT2D eigenvalue weighted by Gasteiger charge is 2.12. The Labute approximate surface area is 177 Å². The lowest BCUT2D eigenvalue weighted by atomic mass is 10.2. The summed E-state index contributed by atoms with van der Waals surface area (Å²) in [5, 5.41) is 3.20. The van der Waals surface area contributed by atoms with Gasteiger partial charge in [-0.25, -0.2) is 13.4 Å². The molecule has 7 nitrogen and oxygen atoms in total. The van der Waals surface area contributed by atoms with Crippen molar-refractivity contribution in [2.75, 3.05) is 16.3 Å². The molecule has 3 aromatic carbocycles. The summed E-state index contributed by atoms with van der Waals surface area (Å²) in [7, 11) is -3.43. The van der Waals surface area contributed by atoms with Crippen molar-refractivity contribution in [3.05, 3.63) is 78.4 Å². The predicted octanol–water partition coefficient (Wildman–Crippen LogP) is 4.71. The number of carbonyl (C=O) groups excluding carboxylic acids is 1. The highest BCUT2D eigenvalue weighted by atomic mass is 32.2. The monoisotopic (exact) mass is 439 g/mol. The molecule has 0 aliphatic carbocycles. The van der Waals surface area contributed by atoms with Gasteiger partial charge in [0, 0.05) is 17.3 Å². The number of thiazole rings is 1. The molecule has 0 bridgehead atoms. The third kappa shape index (κ3) is 4.94. The number of ether oxygens (including phenoxy) is 1. The van der Waals surface area contributed by atoms with Gasteiger partial charge in [0.1, 0.15) is 11.5 Å². The second-order valence-corrected chi connectivity index (χ2v) is 9.25. The molecule has 1 aromatic heterocycles. The summed E-state index contributed by atoms with van der Waals surface area (Å²) in [6, 6.07) is 21.2. The van der Waals surface area contributed by atoms with Gasteiger partial charge in [-0.2, -0.15) is 0 Å². The zero-order valence-corrected chi connectivity index (χ0v) is 17.5. The van der Waals surface area contributed by atoms with Gasteiger partial charge in [-0.1, -0.05) is 35.6 Å². The number of nitrogens with one attached hydrogen (secondary N) is 2. The summed E-state index contributed by atoms with van der Waals surface area (Å²) < 4.78 is 31.8. The molecular formula is C21H17N3O4S2. The van der Waals surface area contributed by atoms with E-state index in [4.69, 9.17) is 4.74 Å². The molecule has 0 spiro atoms. The van der Waals surface area contributed by atoms with Crippen molar-refractivity contribution in [1.82, 2.24) is 4.98 Å². The zero-order valence-electron chi connectivity index (χ0n) is 15.8. The maximum atomic E-state index is 12.6. The van der Waals surface area contributed by atoms with Crippen LogP contribution in [0.2, 0.25) is 0 Å². The lowest BCUT2D eigenvalue weighted by Gasteiger charge is -2.06. The minimum absolute atomic E-state index is 0.316. The molecule has 152 valence electrons. The molecular weight excluding hydrogens is 422 g/mol. The fraction of sp³-hybridized carbons (Fsp3) is 0.0476. The topological polar surface area (TPSA) is 97.4 Å². The second kappa shape index (κ2) is 8.13. The number of fused-ring (bicyclic) bond motifs is 1. The van der Waals surface area contributed by atoms with Crippen LogP contribution in [0.4, 0.5) is 10.8 Å².